The van der Waals surface area contributed by atoms with Gasteiger partial charge in [-0.1, -0.05) is 19.9 Å². The highest BCUT2D eigenvalue weighted by Crippen LogP contribution is 2.29. The molecule has 1 aromatic rings. The molecule has 1 atom stereocenters. The minimum Gasteiger partial charge on any atom is -0.491 e. The monoisotopic (exact) mass is 254 g/mol. The minimum absolute atomic E-state index is 0.564. The predicted molar refractivity (Wildman–Crippen MR) is 78.1 cm³/mol. The highest BCUT2D eigenvalue weighted by molar-refractivity contribution is 7.99. The van der Waals surface area contributed by atoms with Gasteiger partial charge in [0.2, 0.25) is 0 Å². The molecular formula is C13H22N2OS. The van der Waals surface area contributed by atoms with Crippen LogP contribution in [0.25, 0.3) is 0 Å². The minimum atomic E-state index is 0.564. The Morgan fingerprint density at radius 2 is 2.24 bits per heavy atom. The molecule has 0 bridgehead atoms. The van der Waals surface area contributed by atoms with Gasteiger partial charge < -0.3 is 15.8 Å². The Morgan fingerprint density at radius 1 is 1.47 bits per heavy atom. The predicted octanol–water partition coefficient (Wildman–Crippen LogP) is 3.22. The summed E-state index contributed by atoms with van der Waals surface area (Å²) in [6, 6.07) is 5.86. The smallest absolute Gasteiger partial charge is 0.144 e. The third-order valence-electron chi connectivity index (χ3n) is 2.51. The zero-order chi connectivity index (χ0) is 12.7. The molecule has 0 aromatic heterocycles. The van der Waals surface area contributed by atoms with E-state index in [0.29, 0.717) is 17.5 Å². The van der Waals surface area contributed by atoms with E-state index in [1.807, 2.05) is 30.0 Å². The average molecular weight is 254 g/mol. The van der Waals surface area contributed by atoms with Crippen molar-refractivity contribution in [2.45, 2.75) is 25.5 Å². The van der Waals surface area contributed by atoms with Crippen LogP contribution in [0.5, 0.6) is 5.75 Å². The summed E-state index contributed by atoms with van der Waals surface area (Å²) in [5.41, 5.74) is 7.72. The van der Waals surface area contributed by atoms with E-state index < -0.39 is 0 Å². The standard InChI is InChI=1S/C13H22N2OS/c1-4-8-16-12-7-5-6-11(13(12)14)15-9-10(2)17-3/h5-7,10,15H,4,8-9,14H2,1-3H3. The Kier molecular flexibility index (Phi) is 6.05. The third-order valence-corrected chi connectivity index (χ3v) is 3.48. The van der Waals surface area contributed by atoms with Crippen molar-refractivity contribution in [2.75, 3.05) is 30.5 Å². The quantitative estimate of drug-likeness (QED) is 0.733. The van der Waals surface area contributed by atoms with Crippen LogP contribution in [0.3, 0.4) is 0 Å². The summed E-state index contributed by atoms with van der Waals surface area (Å²) < 4.78 is 5.59. The molecule has 17 heavy (non-hydrogen) atoms. The second kappa shape index (κ2) is 7.33. The fourth-order valence-corrected chi connectivity index (χ4v) is 1.62. The van der Waals surface area contributed by atoms with Crippen LogP contribution in [-0.4, -0.2) is 24.7 Å². The van der Waals surface area contributed by atoms with Crippen LogP contribution in [0.4, 0.5) is 11.4 Å². The Labute approximate surface area is 108 Å². The molecule has 0 saturated heterocycles. The second-order valence-electron chi connectivity index (χ2n) is 3.99. The van der Waals surface area contributed by atoms with Crippen LogP contribution in [0.15, 0.2) is 18.2 Å². The van der Waals surface area contributed by atoms with Crippen molar-refractivity contribution in [1.82, 2.24) is 0 Å². The van der Waals surface area contributed by atoms with Gasteiger partial charge in [-0.05, 0) is 24.8 Å². The van der Waals surface area contributed by atoms with Crippen molar-refractivity contribution in [3.8, 4) is 5.75 Å². The number of nitrogens with one attached hydrogen (secondary N) is 1. The van der Waals surface area contributed by atoms with E-state index in [4.69, 9.17) is 10.5 Å². The number of rotatable bonds is 7. The summed E-state index contributed by atoms with van der Waals surface area (Å²) in [4.78, 5) is 0. The molecule has 0 spiro atoms. The highest BCUT2D eigenvalue weighted by Gasteiger charge is 2.06. The highest BCUT2D eigenvalue weighted by atomic mass is 32.2. The maximum atomic E-state index is 6.06. The summed E-state index contributed by atoms with van der Waals surface area (Å²) in [7, 11) is 0. The van der Waals surface area contributed by atoms with Crippen LogP contribution in [0.2, 0.25) is 0 Å². The molecule has 0 aliphatic heterocycles. The number of nitrogens with two attached hydrogens (primary N) is 1. The lowest BCUT2D eigenvalue weighted by Gasteiger charge is -2.15. The summed E-state index contributed by atoms with van der Waals surface area (Å²) in [5, 5.41) is 3.92. The Bertz CT molecular complexity index is 344. The molecule has 0 saturated carbocycles. The first-order chi connectivity index (χ1) is 8.19. The number of benzene rings is 1. The zero-order valence-corrected chi connectivity index (χ0v) is 11.6. The molecular weight excluding hydrogens is 232 g/mol. The lowest BCUT2D eigenvalue weighted by atomic mass is 10.2. The van der Waals surface area contributed by atoms with E-state index in [1.54, 1.807) is 0 Å². The Hall–Kier alpha value is -1.03. The molecule has 0 aliphatic carbocycles. The largest absolute Gasteiger partial charge is 0.491 e. The topological polar surface area (TPSA) is 47.3 Å². The normalized spacial score (nSPS) is 12.2. The van der Waals surface area contributed by atoms with Gasteiger partial charge in [-0.2, -0.15) is 11.8 Å². The number of nitrogen functional groups attached to an aromatic ring is 1. The maximum Gasteiger partial charge on any atom is 0.144 e. The Balaban J connectivity index is 2.65. The van der Waals surface area contributed by atoms with E-state index in [-0.39, 0.29) is 0 Å². The second-order valence-corrected chi connectivity index (χ2v) is 5.27. The SMILES string of the molecule is CCCOc1cccc(NCC(C)SC)c1N. The first-order valence-electron chi connectivity index (χ1n) is 5.97. The van der Waals surface area contributed by atoms with E-state index >= 15 is 0 Å². The number of thioether (sulfide) groups is 1. The van der Waals surface area contributed by atoms with Gasteiger partial charge in [0.25, 0.3) is 0 Å². The van der Waals surface area contributed by atoms with Gasteiger partial charge in [0.05, 0.1) is 18.0 Å². The van der Waals surface area contributed by atoms with Crippen molar-refractivity contribution in [2.24, 2.45) is 0 Å². The summed E-state index contributed by atoms with van der Waals surface area (Å²) in [5.74, 6) is 0.772. The Morgan fingerprint density at radius 3 is 2.88 bits per heavy atom. The molecule has 4 heteroatoms. The van der Waals surface area contributed by atoms with E-state index in [1.165, 1.54) is 0 Å². The van der Waals surface area contributed by atoms with Crippen LogP contribution in [0.1, 0.15) is 20.3 Å². The van der Waals surface area contributed by atoms with Crippen LogP contribution in [-0.2, 0) is 0 Å². The molecule has 3 N–H and O–H groups in total. The average Bonchev–Trinajstić information content (AvgIpc) is 2.35. The fraction of sp³-hybridized carbons (Fsp3) is 0.538. The fourth-order valence-electron chi connectivity index (χ4n) is 1.37. The van der Waals surface area contributed by atoms with Crippen molar-refractivity contribution in [1.29, 1.82) is 0 Å². The van der Waals surface area contributed by atoms with Crippen molar-refractivity contribution >= 4 is 23.1 Å². The van der Waals surface area contributed by atoms with Crippen molar-refractivity contribution in [3.63, 3.8) is 0 Å². The maximum absolute atomic E-state index is 6.06. The van der Waals surface area contributed by atoms with Crippen molar-refractivity contribution < 1.29 is 4.74 Å². The first-order valence-corrected chi connectivity index (χ1v) is 7.25. The van der Waals surface area contributed by atoms with Crippen LogP contribution in [0, 0.1) is 0 Å². The molecule has 0 heterocycles. The molecule has 0 aliphatic rings. The van der Waals surface area contributed by atoms with Gasteiger partial charge in [-0.25, -0.2) is 0 Å². The molecule has 1 unspecified atom stereocenters. The number of hydrogen-bond acceptors (Lipinski definition) is 4. The van der Waals surface area contributed by atoms with Gasteiger partial charge in [0, 0.05) is 11.8 Å². The van der Waals surface area contributed by atoms with Gasteiger partial charge in [0.1, 0.15) is 5.75 Å². The van der Waals surface area contributed by atoms with Gasteiger partial charge in [-0.15, -0.1) is 0 Å². The molecule has 96 valence electrons. The number of ether oxygens (including phenoxy) is 1. The molecule has 1 aromatic carbocycles. The number of anilines is 2. The van der Waals surface area contributed by atoms with Gasteiger partial charge in [0.15, 0.2) is 0 Å². The number of hydrogen-bond donors (Lipinski definition) is 2. The van der Waals surface area contributed by atoms with Crippen molar-refractivity contribution in [3.05, 3.63) is 18.2 Å². The van der Waals surface area contributed by atoms with Crippen LogP contribution >= 0.6 is 11.8 Å². The van der Waals surface area contributed by atoms with E-state index in [0.717, 1.165) is 24.4 Å². The molecule has 0 radical (unpaired) electrons. The molecule has 1 rings (SSSR count). The molecule has 3 nitrogen and oxygen atoms in total. The molecule has 0 fully saturated rings. The van der Waals surface area contributed by atoms with E-state index in [9.17, 15) is 0 Å². The number of para-hydroxylation sites is 1. The lowest BCUT2D eigenvalue weighted by molar-refractivity contribution is 0.319. The third kappa shape index (κ3) is 4.38. The van der Waals surface area contributed by atoms with Gasteiger partial charge in [-0.3, -0.25) is 0 Å². The zero-order valence-electron chi connectivity index (χ0n) is 10.8. The first kappa shape index (κ1) is 14.0. The van der Waals surface area contributed by atoms with Crippen LogP contribution < -0.4 is 15.8 Å². The lowest BCUT2D eigenvalue weighted by Crippen LogP contribution is -2.14. The summed E-state index contributed by atoms with van der Waals surface area (Å²) in [6.45, 7) is 5.88. The molecule has 0 amide bonds. The van der Waals surface area contributed by atoms with Gasteiger partial charge >= 0.3 is 0 Å². The summed E-state index contributed by atoms with van der Waals surface area (Å²) >= 11 is 1.83. The van der Waals surface area contributed by atoms with E-state index in [2.05, 4.69) is 25.4 Å². The summed E-state index contributed by atoms with van der Waals surface area (Å²) in [6.07, 6.45) is 3.09.